The van der Waals surface area contributed by atoms with Gasteiger partial charge in [-0.2, -0.15) is 0 Å². The number of carbonyl (C=O) groups excluding carboxylic acids is 1. The van der Waals surface area contributed by atoms with Crippen LogP contribution in [0.25, 0.3) is 0 Å². The molecule has 0 aromatic heterocycles. The molecule has 2 aromatic rings. The molecule has 1 aliphatic heterocycles. The van der Waals surface area contributed by atoms with E-state index in [4.69, 9.17) is 5.73 Å². The minimum atomic E-state index is 0. The summed E-state index contributed by atoms with van der Waals surface area (Å²) < 4.78 is 0. The highest BCUT2D eigenvalue weighted by Gasteiger charge is 2.33. The van der Waals surface area contributed by atoms with Crippen molar-refractivity contribution in [1.82, 2.24) is 4.90 Å². The maximum Gasteiger partial charge on any atom is 0.238 e. The van der Waals surface area contributed by atoms with Gasteiger partial charge in [-0.25, -0.2) is 0 Å². The summed E-state index contributed by atoms with van der Waals surface area (Å²) >= 11 is 1.67. The molecular weight excluding hydrogens is 390 g/mol. The monoisotopic (exact) mass is 417 g/mol. The number of nitrogens with two attached hydrogens (primary N) is 1. The highest BCUT2D eigenvalue weighted by Crippen LogP contribution is 2.32. The summed E-state index contributed by atoms with van der Waals surface area (Å²) in [6.07, 6.45) is 1.87. The van der Waals surface area contributed by atoms with Crippen LogP contribution in [0.1, 0.15) is 11.5 Å². The molecule has 0 spiro atoms. The SMILES string of the molecule is C=CCSc1ccccc1NC(=O)CN1C[C@@H](CN)[C@H](c2ccccc2)C1.Cl. The van der Waals surface area contributed by atoms with E-state index >= 15 is 0 Å². The van der Waals surface area contributed by atoms with Gasteiger partial charge in [0.1, 0.15) is 0 Å². The number of nitrogens with one attached hydrogen (secondary N) is 1. The molecule has 6 heteroatoms. The lowest BCUT2D eigenvalue weighted by atomic mass is 9.89. The normalized spacial score (nSPS) is 19.0. The van der Waals surface area contributed by atoms with Crippen molar-refractivity contribution >= 4 is 35.8 Å². The number of halogens is 1. The molecule has 28 heavy (non-hydrogen) atoms. The second kappa shape index (κ2) is 11.3. The molecule has 1 amide bonds. The molecule has 3 rings (SSSR count). The summed E-state index contributed by atoms with van der Waals surface area (Å²) in [6.45, 7) is 6.51. The molecule has 0 bridgehead atoms. The Morgan fingerprint density at radius 3 is 2.61 bits per heavy atom. The van der Waals surface area contributed by atoms with Crippen LogP contribution < -0.4 is 11.1 Å². The summed E-state index contributed by atoms with van der Waals surface area (Å²) in [5.41, 5.74) is 8.18. The molecule has 1 saturated heterocycles. The van der Waals surface area contributed by atoms with Crippen molar-refractivity contribution in [2.45, 2.75) is 10.8 Å². The average molecular weight is 418 g/mol. The first-order valence-corrected chi connectivity index (χ1v) is 10.3. The van der Waals surface area contributed by atoms with E-state index in [1.165, 1.54) is 5.56 Å². The van der Waals surface area contributed by atoms with Crippen molar-refractivity contribution in [2.75, 3.05) is 37.2 Å². The van der Waals surface area contributed by atoms with Crippen molar-refractivity contribution in [3.05, 3.63) is 72.8 Å². The molecule has 0 radical (unpaired) electrons. The van der Waals surface area contributed by atoms with E-state index in [0.29, 0.717) is 24.9 Å². The number of nitrogens with zero attached hydrogens (tertiary/aromatic N) is 1. The highest BCUT2D eigenvalue weighted by molar-refractivity contribution is 7.99. The van der Waals surface area contributed by atoms with Crippen LogP contribution in [0, 0.1) is 5.92 Å². The van der Waals surface area contributed by atoms with Gasteiger partial charge in [-0.05, 0) is 30.2 Å². The summed E-state index contributed by atoms with van der Waals surface area (Å²) in [4.78, 5) is 15.9. The molecular formula is C22H28ClN3OS. The van der Waals surface area contributed by atoms with Crippen LogP contribution >= 0.6 is 24.2 Å². The number of likely N-dealkylation sites (tertiary alicyclic amines) is 1. The number of benzene rings is 2. The van der Waals surface area contributed by atoms with Gasteiger partial charge in [0.05, 0.1) is 12.2 Å². The van der Waals surface area contributed by atoms with Gasteiger partial charge in [0.15, 0.2) is 0 Å². The van der Waals surface area contributed by atoms with Crippen molar-refractivity contribution in [1.29, 1.82) is 0 Å². The lowest BCUT2D eigenvalue weighted by molar-refractivity contribution is -0.117. The van der Waals surface area contributed by atoms with Crippen LogP contribution in [-0.2, 0) is 4.79 Å². The molecule has 0 unspecified atom stereocenters. The third-order valence-electron chi connectivity index (χ3n) is 4.93. The van der Waals surface area contributed by atoms with E-state index in [1.807, 2.05) is 36.4 Å². The Bertz CT molecular complexity index is 771. The Labute approximate surface area is 178 Å². The summed E-state index contributed by atoms with van der Waals surface area (Å²) in [7, 11) is 0. The maximum atomic E-state index is 12.6. The van der Waals surface area contributed by atoms with Gasteiger partial charge in [-0.1, -0.05) is 48.5 Å². The van der Waals surface area contributed by atoms with Gasteiger partial charge in [-0.15, -0.1) is 30.7 Å². The summed E-state index contributed by atoms with van der Waals surface area (Å²) in [6, 6.07) is 18.4. The number of hydrogen-bond donors (Lipinski definition) is 2. The molecule has 1 heterocycles. The fourth-order valence-corrected chi connectivity index (χ4v) is 4.39. The number of hydrogen-bond acceptors (Lipinski definition) is 4. The predicted molar refractivity (Wildman–Crippen MR) is 121 cm³/mol. The van der Waals surface area contributed by atoms with E-state index in [0.717, 1.165) is 29.4 Å². The first kappa shape index (κ1) is 22.5. The second-order valence-electron chi connectivity index (χ2n) is 6.85. The third kappa shape index (κ3) is 5.85. The molecule has 1 aliphatic rings. The van der Waals surface area contributed by atoms with Crippen LogP contribution in [-0.4, -0.2) is 42.7 Å². The van der Waals surface area contributed by atoms with Gasteiger partial charge < -0.3 is 11.1 Å². The lowest BCUT2D eigenvalue weighted by Crippen LogP contribution is -2.32. The number of anilines is 1. The third-order valence-corrected chi connectivity index (χ3v) is 6.00. The molecule has 150 valence electrons. The van der Waals surface area contributed by atoms with Crippen molar-refractivity contribution < 1.29 is 4.79 Å². The second-order valence-corrected chi connectivity index (χ2v) is 7.91. The van der Waals surface area contributed by atoms with Gasteiger partial charge in [0.25, 0.3) is 0 Å². The van der Waals surface area contributed by atoms with Crippen LogP contribution in [0.15, 0.2) is 72.1 Å². The van der Waals surface area contributed by atoms with Crippen LogP contribution in [0.3, 0.4) is 0 Å². The van der Waals surface area contributed by atoms with E-state index in [1.54, 1.807) is 11.8 Å². The summed E-state index contributed by atoms with van der Waals surface area (Å²) in [5.74, 6) is 1.61. The Kier molecular flexibility index (Phi) is 9.06. The first-order chi connectivity index (χ1) is 13.2. The van der Waals surface area contributed by atoms with Crippen molar-refractivity contribution in [2.24, 2.45) is 11.7 Å². The Morgan fingerprint density at radius 1 is 1.18 bits per heavy atom. The molecule has 4 nitrogen and oxygen atoms in total. The standard InChI is InChI=1S/C22H27N3OS.ClH/c1-2-12-27-21-11-7-6-10-20(21)24-22(26)16-25-14-18(13-23)19(15-25)17-8-4-3-5-9-17;/h2-11,18-19H,1,12-16,23H2,(H,24,26);1H/t18-,19+;/m1./s1. The first-order valence-electron chi connectivity index (χ1n) is 9.31. The molecule has 2 atom stereocenters. The van der Waals surface area contributed by atoms with E-state index < -0.39 is 0 Å². The topological polar surface area (TPSA) is 58.4 Å². The zero-order chi connectivity index (χ0) is 19.1. The molecule has 0 aliphatic carbocycles. The number of amides is 1. The minimum absolute atomic E-state index is 0. The molecule has 1 fully saturated rings. The lowest BCUT2D eigenvalue weighted by Gasteiger charge is -2.17. The van der Waals surface area contributed by atoms with Gasteiger partial charge >= 0.3 is 0 Å². The summed E-state index contributed by atoms with van der Waals surface area (Å²) in [5, 5.41) is 3.07. The Morgan fingerprint density at radius 2 is 1.89 bits per heavy atom. The predicted octanol–water partition coefficient (Wildman–Crippen LogP) is 4.00. The minimum Gasteiger partial charge on any atom is -0.330 e. The van der Waals surface area contributed by atoms with Crippen LogP contribution in [0.5, 0.6) is 0 Å². The average Bonchev–Trinajstić information content (AvgIpc) is 3.10. The zero-order valence-corrected chi connectivity index (χ0v) is 17.6. The Hall–Kier alpha value is -1.79. The van der Waals surface area contributed by atoms with E-state index in [-0.39, 0.29) is 18.3 Å². The van der Waals surface area contributed by atoms with Crippen LogP contribution in [0.2, 0.25) is 0 Å². The number of para-hydroxylation sites is 1. The van der Waals surface area contributed by atoms with Gasteiger partial charge in [-0.3, -0.25) is 9.69 Å². The quantitative estimate of drug-likeness (QED) is 0.503. The number of rotatable bonds is 8. The van der Waals surface area contributed by atoms with Crippen molar-refractivity contribution in [3.8, 4) is 0 Å². The molecule has 3 N–H and O–H groups in total. The largest absolute Gasteiger partial charge is 0.330 e. The number of carbonyl (C=O) groups is 1. The fraction of sp³-hybridized carbons (Fsp3) is 0.318. The van der Waals surface area contributed by atoms with E-state index in [2.05, 4.69) is 41.1 Å². The smallest absolute Gasteiger partial charge is 0.238 e. The molecule has 0 saturated carbocycles. The van der Waals surface area contributed by atoms with Gasteiger partial charge in [0.2, 0.25) is 5.91 Å². The molecule has 2 aromatic carbocycles. The van der Waals surface area contributed by atoms with E-state index in [9.17, 15) is 4.79 Å². The number of thioether (sulfide) groups is 1. The highest BCUT2D eigenvalue weighted by atomic mass is 35.5. The zero-order valence-electron chi connectivity index (χ0n) is 15.9. The van der Waals surface area contributed by atoms with Crippen LogP contribution in [0.4, 0.5) is 5.69 Å². The Balaban J connectivity index is 0.00000280. The fourth-order valence-electron chi connectivity index (χ4n) is 3.64. The maximum absolute atomic E-state index is 12.6. The van der Waals surface area contributed by atoms with Crippen molar-refractivity contribution in [3.63, 3.8) is 0 Å². The van der Waals surface area contributed by atoms with Gasteiger partial charge in [0, 0.05) is 29.7 Å².